The molecule has 3 rings (SSSR count). The highest BCUT2D eigenvalue weighted by Gasteiger charge is 2.33. The van der Waals surface area contributed by atoms with Crippen LogP contribution in [0.25, 0.3) is 0 Å². The second kappa shape index (κ2) is 12.3. The maximum absolute atomic E-state index is 13.9. The van der Waals surface area contributed by atoms with Gasteiger partial charge in [-0.25, -0.2) is 8.42 Å². The van der Waals surface area contributed by atoms with Crippen LogP contribution in [0.15, 0.2) is 77.7 Å². The molecule has 0 saturated heterocycles. The van der Waals surface area contributed by atoms with Gasteiger partial charge in [0.15, 0.2) is 0 Å². The fourth-order valence-electron chi connectivity index (χ4n) is 3.89. The van der Waals surface area contributed by atoms with Crippen LogP contribution in [0.1, 0.15) is 30.5 Å². The number of likely N-dealkylation sites (N-methyl/N-ethyl adjacent to an activating group) is 1. The van der Waals surface area contributed by atoms with E-state index in [9.17, 15) is 18.0 Å². The summed E-state index contributed by atoms with van der Waals surface area (Å²) in [5, 5.41) is 3.09. The maximum atomic E-state index is 13.9. The van der Waals surface area contributed by atoms with Crippen molar-refractivity contribution in [3.8, 4) is 0 Å². The average Bonchev–Trinajstić information content (AvgIpc) is 2.87. The van der Waals surface area contributed by atoms with E-state index in [1.165, 1.54) is 23.1 Å². The Morgan fingerprint density at radius 3 is 2.24 bits per heavy atom. The number of carbonyl (C=O) groups excluding carboxylic acids is 2. The summed E-state index contributed by atoms with van der Waals surface area (Å²) >= 11 is 6.24. The first-order chi connectivity index (χ1) is 17.5. The lowest BCUT2D eigenvalue weighted by atomic mass is 10.1. The molecule has 9 heteroatoms. The Bertz CT molecular complexity index is 1350. The average molecular weight is 542 g/mol. The molecule has 0 radical (unpaired) electrons. The fraction of sp³-hybridized carbons (Fsp3) is 0.286. The Balaban J connectivity index is 2.06. The first-order valence-electron chi connectivity index (χ1n) is 12.0. The molecular formula is C28H32ClN3O4S. The summed E-state index contributed by atoms with van der Waals surface area (Å²) in [6.45, 7) is 7.10. The van der Waals surface area contributed by atoms with Crippen molar-refractivity contribution < 1.29 is 18.0 Å². The molecule has 3 aromatic carbocycles. The molecule has 2 amide bonds. The van der Waals surface area contributed by atoms with Gasteiger partial charge in [-0.3, -0.25) is 13.9 Å². The number of rotatable bonds is 10. The van der Waals surface area contributed by atoms with Crippen LogP contribution in [0.3, 0.4) is 0 Å². The summed E-state index contributed by atoms with van der Waals surface area (Å²) in [6.07, 6.45) is 0. The van der Waals surface area contributed by atoms with Crippen molar-refractivity contribution >= 4 is 39.1 Å². The summed E-state index contributed by atoms with van der Waals surface area (Å²) in [4.78, 5) is 28.0. The summed E-state index contributed by atoms with van der Waals surface area (Å²) < 4.78 is 28.8. The molecule has 1 atom stereocenters. The molecule has 0 heterocycles. The molecular weight excluding hydrogens is 510 g/mol. The number of anilines is 1. The number of halogens is 1. The second-order valence-corrected chi connectivity index (χ2v) is 11.1. The zero-order chi connectivity index (χ0) is 27.2. The summed E-state index contributed by atoms with van der Waals surface area (Å²) in [7, 11) is -4.14. The van der Waals surface area contributed by atoms with Gasteiger partial charge in [-0.1, -0.05) is 65.7 Å². The van der Waals surface area contributed by atoms with Crippen molar-refractivity contribution in [2.45, 2.75) is 45.2 Å². The van der Waals surface area contributed by atoms with Crippen molar-refractivity contribution in [3.63, 3.8) is 0 Å². The first-order valence-corrected chi connectivity index (χ1v) is 13.8. The van der Waals surface area contributed by atoms with Crippen molar-refractivity contribution in [2.24, 2.45) is 0 Å². The van der Waals surface area contributed by atoms with Gasteiger partial charge >= 0.3 is 0 Å². The van der Waals surface area contributed by atoms with Gasteiger partial charge in [-0.2, -0.15) is 0 Å². The van der Waals surface area contributed by atoms with Crippen LogP contribution in [0, 0.1) is 13.8 Å². The van der Waals surface area contributed by atoms with Crippen LogP contribution in [-0.2, 0) is 26.2 Å². The number of sulfonamides is 1. The highest BCUT2D eigenvalue weighted by molar-refractivity contribution is 7.92. The lowest BCUT2D eigenvalue weighted by molar-refractivity contribution is -0.139. The molecule has 3 aromatic rings. The van der Waals surface area contributed by atoms with Gasteiger partial charge < -0.3 is 10.2 Å². The molecule has 37 heavy (non-hydrogen) atoms. The Hall–Kier alpha value is -3.36. The fourth-order valence-corrected chi connectivity index (χ4v) is 5.52. The molecule has 0 spiro atoms. The molecule has 7 nitrogen and oxygen atoms in total. The van der Waals surface area contributed by atoms with Gasteiger partial charge in [0, 0.05) is 18.1 Å². The van der Waals surface area contributed by atoms with Gasteiger partial charge in [-0.15, -0.1) is 0 Å². The van der Waals surface area contributed by atoms with Crippen molar-refractivity contribution in [1.29, 1.82) is 0 Å². The maximum Gasteiger partial charge on any atom is 0.264 e. The van der Waals surface area contributed by atoms with Crippen LogP contribution in [-0.4, -0.2) is 44.3 Å². The van der Waals surface area contributed by atoms with E-state index in [0.717, 1.165) is 15.4 Å². The molecule has 1 unspecified atom stereocenters. The van der Waals surface area contributed by atoms with E-state index in [0.29, 0.717) is 22.8 Å². The number of hydrogen-bond acceptors (Lipinski definition) is 4. The Labute approximate surface area is 224 Å². The van der Waals surface area contributed by atoms with E-state index >= 15 is 0 Å². The number of carbonyl (C=O) groups is 2. The Kier molecular flexibility index (Phi) is 9.34. The van der Waals surface area contributed by atoms with Crippen molar-refractivity contribution in [1.82, 2.24) is 10.2 Å². The van der Waals surface area contributed by atoms with Gasteiger partial charge in [-0.05, 0) is 63.1 Å². The van der Waals surface area contributed by atoms with Gasteiger partial charge in [0.25, 0.3) is 10.0 Å². The van der Waals surface area contributed by atoms with Crippen molar-refractivity contribution in [2.75, 3.05) is 17.4 Å². The minimum Gasteiger partial charge on any atom is -0.355 e. The van der Waals surface area contributed by atoms with Crippen LogP contribution in [0.4, 0.5) is 5.69 Å². The van der Waals surface area contributed by atoms with E-state index in [4.69, 9.17) is 11.6 Å². The number of amides is 2. The Morgan fingerprint density at radius 2 is 1.62 bits per heavy atom. The third-order valence-electron chi connectivity index (χ3n) is 6.04. The summed E-state index contributed by atoms with van der Waals surface area (Å²) in [5.74, 6) is -0.837. The van der Waals surface area contributed by atoms with Crippen LogP contribution in [0.5, 0.6) is 0 Å². The summed E-state index contributed by atoms with van der Waals surface area (Å²) in [5.41, 5.74) is 2.66. The molecule has 1 N–H and O–H groups in total. The minimum atomic E-state index is -4.14. The topological polar surface area (TPSA) is 86.8 Å². The second-order valence-electron chi connectivity index (χ2n) is 8.83. The summed E-state index contributed by atoms with van der Waals surface area (Å²) in [6, 6.07) is 19.8. The van der Waals surface area contributed by atoms with E-state index in [-0.39, 0.29) is 17.3 Å². The quantitative estimate of drug-likeness (QED) is 0.403. The molecule has 0 saturated carbocycles. The van der Waals surface area contributed by atoms with Crippen LogP contribution in [0.2, 0.25) is 5.02 Å². The molecule has 0 aromatic heterocycles. The van der Waals surface area contributed by atoms with E-state index in [2.05, 4.69) is 5.32 Å². The van der Waals surface area contributed by atoms with Crippen LogP contribution >= 0.6 is 11.6 Å². The normalized spacial score (nSPS) is 12.0. The largest absolute Gasteiger partial charge is 0.355 e. The number of nitrogens with zero attached hydrogens (tertiary/aromatic N) is 2. The Morgan fingerprint density at radius 1 is 0.973 bits per heavy atom. The van der Waals surface area contributed by atoms with Gasteiger partial charge in [0.05, 0.1) is 10.6 Å². The number of benzene rings is 3. The molecule has 0 aliphatic heterocycles. The molecule has 196 valence electrons. The van der Waals surface area contributed by atoms with E-state index < -0.39 is 28.5 Å². The van der Waals surface area contributed by atoms with Gasteiger partial charge in [0.1, 0.15) is 12.6 Å². The minimum absolute atomic E-state index is 0.0525. The number of nitrogens with one attached hydrogen (secondary N) is 1. The highest BCUT2D eigenvalue weighted by atomic mass is 35.5. The van der Waals surface area contributed by atoms with E-state index in [1.807, 2.05) is 37.3 Å². The predicted octanol–water partition coefficient (Wildman–Crippen LogP) is 4.71. The monoisotopic (exact) mass is 541 g/mol. The number of hydrogen-bond donors (Lipinski definition) is 1. The van der Waals surface area contributed by atoms with E-state index in [1.54, 1.807) is 45.0 Å². The lowest BCUT2D eigenvalue weighted by Crippen LogP contribution is -2.51. The van der Waals surface area contributed by atoms with Crippen molar-refractivity contribution in [3.05, 3.63) is 94.5 Å². The lowest BCUT2D eigenvalue weighted by Gasteiger charge is -2.32. The SMILES string of the molecule is CCNC(=O)C(C)N(Cc1ccccc1)C(=O)CN(c1cc(Cl)ccc1C)S(=O)(=O)c1ccc(C)cc1. The third kappa shape index (κ3) is 6.90. The number of aryl methyl sites for hydroxylation is 2. The molecule has 0 aliphatic carbocycles. The standard InChI is InChI=1S/C28H32ClN3O4S/c1-5-30-28(34)22(4)31(18-23-9-7-6-8-10-23)27(33)19-32(26-17-24(29)14-13-21(26)3)37(35,36)25-15-11-20(2)12-16-25/h6-17,22H,5,18-19H2,1-4H3,(H,30,34). The molecule has 0 bridgehead atoms. The zero-order valence-electron chi connectivity index (χ0n) is 21.4. The van der Waals surface area contributed by atoms with Crippen LogP contribution < -0.4 is 9.62 Å². The zero-order valence-corrected chi connectivity index (χ0v) is 23.0. The predicted molar refractivity (Wildman–Crippen MR) is 147 cm³/mol. The third-order valence-corrected chi connectivity index (χ3v) is 8.05. The smallest absolute Gasteiger partial charge is 0.264 e. The first kappa shape index (κ1) is 28.2. The molecule has 0 fully saturated rings. The van der Waals surface area contributed by atoms with Gasteiger partial charge in [0.2, 0.25) is 11.8 Å². The molecule has 0 aliphatic rings. The highest BCUT2D eigenvalue weighted by Crippen LogP contribution is 2.30.